The summed E-state index contributed by atoms with van der Waals surface area (Å²) in [5.41, 5.74) is 5.87. The van der Waals surface area contributed by atoms with E-state index in [4.69, 9.17) is 14.2 Å². The topological polar surface area (TPSA) is 78.9 Å². The highest BCUT2D eigenvalue weighted by molar-refractivity contribution is 5.90. The van der Waals surface area contributed by atoms with Crippen molar-refractivity contribution in [3.05, 3.63) is 114 Å². The Labute approximate surface area is 251 Å². The highest BCUT2D eigenvalue weighted by atomic mass is 19.1. The molecule has 3 aromatic rings. The van der Waals surface area contributed by atoms with Gasteiger partial charge in [0.15, 0.2) is 0 Å². The second-order valence-electron chi connectivity index (χ2n) is 10.8. The Bertz CT molecular complexity index is 1620. The van der Waals surface area contributed by atoms with E-state index >= 15 is 4.39 Å². The number of carbonyl (C=O) groups excluding carboxylic acids is 3. The van der Waals surface area contributed by atoms with Crippen LogP contribution in [0.15, 0.2) is 91.1 Å². The molecule has 0 aromatic heterocycles. The minimum atomic E-state index is -0.661. The quantitative estimate of drug-likeness (QED) is 0.0994. The van der Waals surface area contributed by atoms with Gasteiger partial charge in [0.2, 0.25) is 0 Å². The van der Waals surface area contributed by atoms with Crippen LogP contribution in [-0.2, 0) is 36.7 Å². The maximum absolute atomic E-state index is 15.7. The number of aryl methyl sites for hydroxylation is 1. The molecule has 1 atom stereocenters. The van der Waals surface area contributed by atoms with Crippen LogP contribution in [0.2, 0.25) is 0 Å². The second kappa shape index (κ2) is 13.5. The summed E-state index contributed by atoms with van der Waals surface area (Å²) in [5.74, 6) is -1.68. The first-order chi connectivity index (χ1) is 20.5. The van der Waals surface area contributed by atoms with E-state index in [1.807, 2.05) is 30.3 Å². The van der Waals surface area contributed by atoms with E-state index in [-0.39, 0.29) is 22.9 Å². The van der Waals surface area contributed by atoms with Crippen molar-refractivity contribution in [2.45, 2.75) is 52.6 Å². The average molecular weight is 583 g/mol. The van der Waals surface area contributed by atoms with Crippen molar-refractivity contribution in [3.8, 4) is 28.0 Å². The number of benzene rings is 3. The molecule has 222 valence electrons. The van der Waals surface area contributed by atoms with Crippen LogP contribution >= 0.6 is 0 Å². The number of hydrogen-bond acceptors (Lipinski definition) is 6. The first-order valence-electron chi connectivity index (χ1n) is 14.1. The predicted octanol–water partition coefficient (Wildman–Crippen LogP) is 7.80. The van der Waals surface area contributed by atoms with Gasteiger partial charge >= 0.3 is 17.9 Å². The summed E-state index contributed by atoms with van der Waals surface area (Å²) in [7, 11) is 0. The Morgan fingerprint density at radius 1 is 0.814 bits per heavy atom. The van der Waals surface area contributed by atoms with Crippen LogP contribution in [0.25, 0.3) is 22.3 Å². The lowest BCUT2D eigenvalue weighted by Gasteiger charge is -2.19. The molecule has 1 aliphatic carbocycles. The lowest BCUT2D eigenvalue weighted by molar-refractivity contribution is -0.144. The lowest BCUT2D eigenvalue weighted by Crippen LogP contribution is -2.14. The van der Waals surface area contributed by atoms with Gasteiger partial charge in [-0.1, -0.05) is 62.2 Å². The number of rotatable bonds is 11. The summed E-state index contributed by atoms with van der Waals surface area (Å²) in [6, 6.07) is 16.3. The number of carbonyl (C=O) groups is 3. The standard InChI is InChI=1S/C36H35FO6/c1-21(2)34(38)41-19-7-8-24-9-11-25(12-10-24)26-13-14-28(30(37)20-26)27-15-17-31(42-35(39)22(3)4)33-29(27)16-18-32(33)43-36(40)23(5)6/h9-15,17,20,32H,1,3,5,7-8,16,18-19H2,2,4,6H3. The van der Waals surface area contributed by atoms with Gasteiger partial charge in [0.25, 0.3) is 0 Å². The molecule has 43 heavy (non-hydrogen) atoms. The number of esters is 3. The summed E-state index contributed by atoms with van der Waals surface area (Å²) in [6.07, 6.45) is 1.73. The van der Waals surface area contributed by atoms with Crippen LogP contribution in [0.3, 0.4) is 0 Å². The summed E-state index contributed by atoms with van der Waals surface area (Å²) in [5, 5.41) is 0. The highest BCUT2D eigenvalue weighted by Gasteiger charge is 2.33. The molecular formula is C36H35FO6. The molecule has 0 N–H and O–H groups in total. The molecular weight excluding hydrogens is 547 g/mol. The van der Waals surface area contributed by atoms with Crippen LogP contribution < -0.4 is 4.74 Å². The molecule has 3 aromatic carbocycles. The summed E-state index contributed by atoms with van der Waals surface area (Å²) in [4.78, 5) is 36.2. The zero-order valence-electron chi connectivity index (χ0n) is 24.8. The van der Waals surface area contributed by atoms with Crippen molar-refractivity contribution in [2.75, 3.05) is 6.61 Å². The fourth-order valence-electron chi connectivity index (χ4n) is 4.90. The van der Waals surface area contributed by atoms with E-state index in [9.17, 15) is 14.4 Å². The first-order valence-corrected chi connectivity index (χ1v) is 14.1. The van der Waals surface area contributed by atoms with Crippen LogP contribution in [0, 0.1) is 5.82 Å². The monoisotopic (exact) mass is 582 g/mol. The number of hydrogen-bond donors (Lipinski definition) is 0. The van der Waals surface area contributed by atoms with E-state index in [2.05, 4.69) is 19.7 Å². The molecule has 1 unspecified atom stereocenters. The Hall–Kier alpha value is -4.78. The molecule has 0 amide bonds. The van der Waals surface area contributed by atoms with Gasteiger partial charge in [-0.05, 0) is 86.4 Å². The third-order valence-electron chi connectivity index (χ3n) is 7.18. The van der Waals surface area contributed by atoms with Crippen LogP contribution in [0.1, 0.15) is 56.4 Å². The van der Waals surface area contributed by atoms with Crippen molar-refractivity contribution in [2.24, 2.45) is 0 Å². The van der Waals surface area contributed by atoms with Crippen LogP contribution in [0.4, 0.5) is 4.39 Å². The zero-order chi connectivity index (χ0) is 31.3. The Balaban J connectivity index is 1.57. The molecule has 6 nitrogen and oxygen atoms in total. The average Bonchev–Trinajstić information content (AvgIpc) is 3.39. The molecule has 0 saturated carbocycles. The van der Waals surface area contributed by atoms with Crippen molar-refractivity contribution >= 4 is 17.9 Å². The van der Waals surface area contributed by atoms with Gasteiger partial charge in [0, 0.05) is 27.8 Å². The second-order valence-corrected chi connectivity index (χ2v) is 10.8. The largest absolute Gasteiger partial charge is 0.462 e. The molecule has 0 aliphatic heterocycles. The third-order valence-corrected chi connectivity index (χ3v) is 7.18. The first kappa shape index (κ1) is 31.2. The SMILES string of the molecule is C=C(C)C(=O)OCCCc1ccc(-c2ccc(-c3ccc(OC(=O)C(=C)C)c4c3CCC4OC(=O)C(=C)C)c(F)c2)cc1. The molecule has 0 bridgehead atoms. The Kier molecular flexibility index (Phi) is 9.76. The zero-order valence-corrected chi connectivity index (χ0v) is 24.8. The molecule has 0 spiro atoms. The van der Waals surface area contributed by atoms with Gasteiger partial charge in [0.05, 0.1) is 6.61 Å². The summed E-state index contributed by atoms with van der Waals surface area (Å²) < 4.78 is 32.1. The molecule has 4 rings (SSSR count). The van der Waals surface area contributed by atoms with E-state index < -0.39 is 23.9 Å². The van der Waals surface area contributed by atoms with Crippen LogP contribution in [-0.4, -0.2) is 24.5 Å². The van der Waals surface area contributed by atoms with Crippen LogP contribution in [0.5, 0.6) is 5.75 Å². The number of halogens is 1. The normalized spacial score (nSPS) is 13.5. The van der Waals surface area contributed by atoms with E-state index in [0.29, 0.717) is 48.1 Å². The van der Waals surface area contributed by atoms with E-state index in [1.165, 1.54) is 6.07 Å². The highest BCUT2D eigenvalue weighted by Crippen LogP contribution is 2.46. The number of fused-ring (bicyclic) bond motifs is 1. The lowest BCUT2D eigenvalue weighted by atomic mass is 9.93. The maximum Gasteiger partial charge on any atom is 0.338 e. The molecule has 7 heteroatoms. The van der Waals surface area contributed by atoms with E-state index in [0.717, 1.165) is 28.7 Å². The van der Waals surface area contributed by atoms with Gasteiger partial charge in [-0.15, -0.1) is 0 Å². The molecule has 0 fully saturated rings. The molecule has 0 radical (unpaired) electrons. The van der Waals surface area contributed by atoms with Gasteiger partial charge in [-0.2, -0.15) is 0 Å². The smallest absolute Gasteiger partial charge is 0.338 e. The fraction of sp³-hybridized carbons (Fsp3) is 0.250. The van der Waals surface area contributed by atoms with Gasteiger partial charge in [0.1, 0.15) is 17.7 Å². The summed E-state index contributed by atoms with van der Waals surface area (Å²) in [6.45, 7) is 15.9. The summed E-state index contributed by atoms with van der Waals surface area (Å²) >= 11 is 0. The third kappa shape index (κ3) is 7.36. The Morgan fingerprint density at radius 3 is 2.07 bits per heavy atom. The molecule has 1 aliphatic rings. The molecule has 0 saturated heterocycles. The van der Waals surface area contributed by atoms with Crippen molar-refractivity contribution in [1.82, 2.24) is 0 Å². The Morgan fingerprint density at radius 2 is 1.44 bits per heavy atom. The van der Waals surface area contributed by atoms with Gasteiger partial charge < -0.3 is 14.2 Å². The minimum absolute atomic E-state index is 0.227. The van der Waals surface area contributed by atoms with Gasteiger partial charge in [-0.3, -0.25) is 0 Å². The molecule has 0 heterocycles. The van der Waals surface area contributed by atoms with Crippen molar-refractivity contribution in [3.63, 3.8) is 0 Å². The van der Waals surface area contributed by atoms with Crippen molar-refractivity contribution in [1.29, 1.82) is 0 Å². The van der Waals surface area contributed by atoms with Gasteiger partial charge in [-0.25, -0.2) is 18.8 Å². The predicted molar refractivity (Wildman–Crippen MR) is 164 cm³/mol. The maximum atomic E-state index is 15.7. The van der Waals surface area contributed by atoms with E-state index in [1.54, 1.807) is 39.0 Å². The van der Waals surface area contributed by atoms with Crippen molar-refractivity contribution < 1.29 is 33.0 Å². The minimum Gasteiger partial charge on any atom is -0.462 e. The number of ether oxygens (including phenoxy) is 3. The fourth-order valence-corrected chi connectivity index (χ4v) is 4.90.